The van der Waals surface area contributed by atoms with Crippen LogP contribution in [0.15, 0.2) is 29.3 Å². The Bertz CT molecular complexity index is 357. The number of phenols is 1. The Morgan fingerprint density at radius 2 is 2.00 bits per heavy atom. The van der Waals surface area contributed by atoms with E-state index in [0.29, 0.717) is 18.4 Å². The Morgan fingerprint density at radius 3 is 2.59 bits per heavy atom. The summed E-state index contributed by atoms with van der Waals surface area (Å²) < 4.78 is 0. The van der Waals surface area contributed by atoms with Gasteiger partial charge in [0, 0.05) is 6.54 Å². The van der Waals surface area contributed by atoms with E-state index in [0.717, 1.165) is 18.5 Å². The van der Waals surface area contributed by atoms with Crippen LogP contribution in [0.2, 0.25) is 0 Å². The number of benzene rings is 1. The van der Waals surface area contributed by atoms with E-state index >= 15 is 0 Å². The highest BCUT2D eigenvalue weighted by Gasteiger charge is 1.96. The van der Waals surface area contributed by atoms with Gasteiger partial charge in [-0.15, -0.1) is 0 Å². The number of rotatable bonds is 5. The number of nitrogens with zero attached hydrogens (tertiary/aromatic N) is 1. The van der Waals surface area contributed by atoms with E-state index in [1.165, 1.54) is 0 Å². The van der Waals surface area contributed by atoms with Gasteiger partial charge in [-0.25, -0.2) is 4.99 Å². The molecule has 17 heavy (non-hydrogen) atoms. The van der Waals surface area contributed by atoms with Gasteiger partial charge in [0.2, 0.25) is 0 Å². The Labute approximate surface area is 103 Å². The molecule has 4 heteroatoms. The molecule has 0 aliphatic heterocycles. The molecule has 4 N–H and O–H groups in total. The Hall–Kier alpha value is -1.71. The third kappa shape index (κ3) is 5.80. The number of phenolic OH excluding ortho intramolecular Hbond substituents is 1. The van der Waals surface area contributed by atoms with Crippen LogP contribution in [-0.2, 0) is 6.54 Å². The first kappa shape index (κ1) is 13.4. The Morgan fingerprint density at radius 1 is 1.35 bits per heavy atom. The minimum absolute atomic E-state index is 0.265. The van der Waals surface area contributed by atoms with E-state index < -0.39 is 0 Å². The van der Waals surface area contributed by atoms with E-state index in [1.54, 1.807) is 12.1 Å². The highest BCUT2D eigenvalue weighted by Crippen LogP contribution is 2.10. The van der Waals surface area contributed by atoms with Crippen molar-refractivity contribution in [3.05, 3.63) is 29.8 Å². The van der Waals surface area contributed by atoms with Crippen LogP contribution in [0.5, 0.6) is 5.75 Å². The predicted molar refractivity (Wildman–Crippen MR) is 70.9 cm³/mol. The van der Waals surface area contributed by atoms with Crippen molar-refractivity contribution in [1.29, 1.82) is 0 Å². The maximum atomic E-state index is 9.13. The first-order valence-corrected chi connectivity index (χ1v) is 5.89. The van der Waals surface area contributed by atoms with Gasteiger partial charge in [-0.3, -0.25) is 0 Å². The lowest BCUT2D eigenvalue weighted by Gasteiger charge is -2.07. The fraction of sp³-hybridized carbons (Fsp3) is 0.462. The summed E-state index contributed by atoms with van der Waals surface area (Å²) in [6.45, 7) is 5.72. The number of aromatic hydroxyl groups is 1. The van der Waals surface area contributed by atoms with Crippen molar-refractivity contribution in [2.24, 2.45) is 16.6 Å². The fourth-order valence-electron chi connectivity index (χ4n) is 1.32. The molecule has 0 saturated heterocycles. The molecule has 0 bridgehead atoms. The number of hydrogen-bond acceptors (Lipinski definition) is 2. The highest BCUT2D eigenvalue weighted by molar-refractivity contribution is 5.77. The smallest absolute Gasteiger partial charge is 0.188 e. The summed E-state index contributed by atoms with van der Waals surface area (Å²) >= 11 is 0. The summed E-state index contributed by atoms with van der Waals surface area (Å²) in [5, 5.41) is 12.2. The minimum atomic E-state index is 0.265. The molecule has 0 heterocycles. The first-order valence-electron chi connectivity index (χ1n) is 5.89. The molecule has 1 aromatic carbocycles. The molecule has 1 rings (SSSR count). The number of guanidine groups is 1. The molecular formula is C13H21N3O. The lowest BCUT2D eigenvalue weighted by atomic mass is 10.1. The molecular weight excluding hydrogens is 214 g/mol. The van der Waals surface area contributed by atoms with Gasteiger partial charge in [-0.2, -0.15) is 0 Å². The van der Waals surface area contributed by atoms with E-state index in [-0.39, 0.29) is 5.75 Å². The maximum Gasteiger partial charge on any atom is 0.188 e. The summed E-state index contributed by atoms with van der Waals surface area (Å²) in [7, 11) is 0. The summed E-state index contributed by atoms with van der Waals surface area (Å²) in [6, 6.07) is 6.96. The summed E-state index contributed by atoms with van der Waals surface area (Å²) in [4.78, 5) is 4.22. The van der Waals surface area contributed by atoms with Crippen molar-refractivity contribution < 1.29 is 5.11 Å². The average Bonchev–Trinajstić information content (AvgIpc) is 2.28. The average molecular weight is 235 g/mol. The van der Waals surface area contributed by atoms with Crippen molar-refractivity contribution in [3.8, 4) is 5.75 Å². The van der Waals surface area contributed by atoms with Gasteiger partial charge in [0.15, 0.2) is 5.96 Å². The van der Waals surface area contributed by atoms with Crippen LogP contribution in [0.4, 0.5) is 0 Å². The van der Waals surface area contributed by atoms with Crippen LogP contribution in [-0.4, -0.2) is 17.6 Å². The SMILES string of the molecule is CC(C)CCNC(N)=NCc1ccc(O)cc1. The van der Waals surface area contributed by atoms with E-state index in [1.807, 2.05) is 12.1 Å². The molecule has 1 aromatic rings. The monoisotopic (exact) mass is 235 g/mol. The largest absolute Gasteiger partial charge is 0.508 e. The molecule has 0 aliphatic rings. The van der Waals surface area contributed by atoms with Crippen molar-refractivity contribution in [1.82, 2.24) is 5.32 Å². The third-order valence-corrected chi connectivity index (χ3v) is 2.40. The molecule has 0 amide bonds. The molecule has 4 nitrogen and oxygen atoms in total. The van der Waals surface area contributed by atoms with Crippen LogP contribution >= 0.6 is 0 Å². The van der Waals surface area contributed by atoms with Gasteiger partial charge in [-0.1, -0.05) is 26.0 Å². The standard InChI is InChI=1S/C13H21N3O/c1-10(2)7-8-15-13(14)16-9-11-3-5-12(17)6-4-11/h3-6,10,17H,7-9H2,1-2H3,(H3,14,15,16). The second kappa shape index (κ2) is 6.78. The van der Waals surface area contributed by atoms with Crippen LogP contribution < -0.4 is 11.1 Å². The topological polar surface area (TPSA) is 70.6 Å². The van der Waals surface area contributed by atoms with Crippen molar-refractivity contribution in [2.75, 3.05) is 6.54 Å². The number of hydrogen-bond donors (Lipinski definition) is 3. The number of aliphatic imine (C=N–C) groups is 1. The zero-order valence-corrected chi connectivity index (χ0v) is 10.5. The Kier molecular flexibility index (Phi) is 5.33. The van der Waals surface area contributed by atoms with Gasteiger partial charge >= 0.3 is 0 Å². The number of nitrogens with two attached hydrogens (primary N) is 1. The van der Waals surface area contributed by atoms with Crippen molar-refractivity contribution in [3.63, 3.8) is 0 Å². The molecule has 0 unspecified atom stereocenters. The predicted octanol–water partition coefficient (Wildman–Crippen LogP) is 1.84. The van der Waals surface area contributed by atoms with Gasteiger partial charge in [0.1, 0.15) is 5.75 Å². The van der Waals surface area contributed by atoms with Crippen LogP contribution in [0.3, 0.4) is 0 Å². The molecule has 0 saturated carbocycles. The van der Waals surface area contributed by atoms with Gasteiger partial charge in [0.25, 0.3) is 0 Å². The van der Waals surface area contributed by atoms with E-state index in [9.17, 15) is 0 Å². The normalized spacial score (nSPS) is 11.8. The second-order valence-corrected chi connectivity index (χ2v) is 4.48. The zero-order valence-electron chi connectivity index (χ0n) is 10.5. The van der Waals surface area contributed by atoms with E-state index in [4.69, 9.17) is 10.8 Å². The van der Waals surface area contributed by atoms with Crippen LogP contribution in [0, 0.1) is 5.92 Å². The van der Waals surface area contributed by atoms with Crippen molar-refractivity contribution >= 4 is 5.96 Å². The third-order valence-electron chi connectivity index (χ3n) is 2.40. The lowest BCUT2D eigenvalue weighted by Crippen LogP contribution is -2.32. The van der Waals surface area contributed by atoms with Crippen LogP contribution in [0.25, 0.3) is 0 Å². The zero-order chi connectivity index (χ0) is 12.7. The van der Waals surface area contributed by atoms with Gasteiger partial charge in [-0.05, 0) is 30.0 Å². The summed E-state index contributed by atoms with van der Waals surface area (Å²) in [5.74, 6) is 1.40. The number of nitrogens with one attached hydrogen (secondary N) is 1. The molecule has 0 radical (unpaired) electrons. The second-order valence-electron chi connectivity index (χ2n) is 4.48. The van der Waals surface area contributed by atoms with Gasteiger partial charge < -0.3 is 16.2 Å². The summed E-state index contributed by atoms with van der Waals surface area (Å²) in [6.07, 6.45) is 1.08. The van der Waals surface area contributed by atoms with Crippen LogP contribution in [0.1, 0.15) is 25.8 Å². The first-order chi connectivity index (χ1) is 8.08. The summed E-state index contributed by atoms with van der Waals surface area (Å²) in [5.41, 5.74) is 6.75. The van der Waals surface area contributed by atoms with Crippen molar-refractivity contribution in [2.45, 2.75) is 26.8 Å². The highest BCUT2D eigenvalue weighted by atomic mass is 16.3. The maximum absolute atomic E-state index is 9.13. The lowest BCUT2D eigenvalue weighted by molar-refractivity contribution is 0.475. The molecule has 0 atom stereocenters. The quantitative estimate of drug-likeness (QED) is 0.538. The molecule has 0 aromatic heterocycles. The Balaban J connectivity index is 2.34. The van der Waals surface area contributed by atoms with E-state index in [2.05, 4.69) is 24.2 Å². The van der Waals surface area contributed by atoms with Gasteiger partial charge in [0.05, 0.1) is 6.54 Å². The fourth-order valence-corrected chi connectivity index (χ4v) is 1.32. The molecule has 0 spiro atoms. The molecule has 0 fully saturated rings. The minimum Gasteiger partial charge on any atom is -0.508 e. The molecule has 0 aliphatic carbocycles. The molecule has 94 valence electrons.